The number of aromatic nitrogens is 1. The Morgan fingerprint density at radius 3 is 2.40 bits per heavy atom. The van der Waals surface area contributed by atoms with Gasteiger partial charge in [-0.2, -0.15) is 0 Å². The molecule has 10 heteroatoms. The average Bonchev–Trinajstić information content (AvgIpc) is 2.71. The van der Waals surface area contributed by atoms with Crippen LogP contribution in [0, 0.1) is 0 Å². The molecule has 0 bridgehead atoms. The zero-order valence-electron chi connectivity index (χ0n) is 17.4. The number of benzene rings is 1. The molecule has 0 aliphatic carbocycles. The van der Waals surface area contributed by atoms with E-state index in [1.807, 2.05) is 19.1 Å². The first-order valence-corrected chi connectivity index (χ1v) is 9.66. The van der Waals surface area contributed by atoms with Crippen molar-refractivity contribution in [3.63, 3.8) is 0 Å². The lowest BCUT2D eigenvalue weighted by molar-refractivity contribution is -0.128. The monoisotopic (exact) mass is 414 g/mol. The summed E-state index contributed by atoms with van der Waals surface area (Å²) < 4.78 is 0. The van der Waals surface area contributed by atoms with Crippen LogP contribution in [0.2, 0.25) is 0 Å². The number of carbonyl (C=O) groups excluding carboxylic acids is 2. The molecule has 30 heavy (non-hydrogen) atoms. The van der Waals surface area contributed by atoms with Crippen molar-refractivity contribution in [1.82, 2.24) is 20.6 Å². The maximum Gasteiger partial charge on any atom is 0.255 e. The third-order valence-corrected chi connectivity index (χ3v) is 4.42. The molecule has 1 aromatic heterocycles. The van der Waals surface area contributed by atoms with Gasteiger partial charge in [0, 0.05) is 31.9 Å². The molecule has 0 atom stereocenters. The number of anilines is 3. The molecule has 2 rings (SSSR count). The van der Waals surface area contributed by atoms with Crippen LogP contribution < -0.4 is 32.8 Å². The molecule has 2 aromatic rings. The molecule has 1 aromatic carbocycles. The van der Waals surface area contributed by atoms with Gasteiger partial charge in [0.05, 0.1) is 24.5 Å². The second-order valence-corrected chi connectivity index (χ2v) is 6.81. The van der Waals surface area contributed by atoms with Crippen molar-refractivity contribution in [3.05, 3.63) is 36.5 Å². The fourth-order valence-electron chi connectivity index (χ4n) is 2.80. The summed E-state index contributed by atoms with van der Waals surface area (Å²) in [5.74, 6) is 5.42. The molecule has 2 amide bonds. The Morgan fingerprint density at radius 1 is 1.07 bits per heavy atom. The molecule has 0 aliphatic heterocycles. The molecular weight excluding hydrogens is 384 g/mol. The van der Waals surface area contributed by atoms with Crippen molar-refractivity contribution in [2.24, 2.45) is 5.84 Å². The van der Waals surface area contributed by atoms with Crippen molar-refractivity contribution >= 4 is 29.0 Å². The molecule has 162 valence electrons. The number of likely N-dealkylation sites (N-methyl/N-ethyl adjacent to an activating group) is 2. The number of rotatable bonds is 10. The largest absolute Gasteiger partial charge is 0.397 e. The summed E-state index contributed by atoms with van der Waals surface area (Å²) in [7, 11) is 1.46. The summed E-state index contributed by atoms with van der Waals surface area (Å²) in [5, 5.41) is 6.94. The maximum atomic E-state index is 12.4. The second-order valence-electron chi connectivity index (χ2n) is 6.81. The molecule has 0 unspecified atom stereocenters. The van der Waals surface area contributed by atoms with Crippen LogP contribution in [0.5, 0.6) is 0 Å². The van der Waals surface area contributed by atoms with Crippen molar-refractivity contribution in [2.75, 3.05) is 56.1 Å². The van der Waals surface area contributed by atoms with Gasteiger partial charge in [0.25, 0.3) is 5.91 Å². The van der Waals surface area contributed by atoms with E-state index in [1.165, 1.54) is 7.05 Å². The van der Waals surface area contributed by atoms with Gasteiger partial charge >= 0.3 is 0 Å². The molecule has 0 aliphatic rings. The normalized spacial score (nSPS) is 10.5. The topological polar surface area (TPSA) is 156 Å². The summed E-state index contributed by atoms with van der Waals surface area (Å²) in [6.07, 6.45) is 1.66. The standard InChI is InChI=1S/C20H30N8O2/c1-3-24-8-9-25-19(29)12-28(13-20(30)27(2)23)17-6-4-14(10-16(17)21)15-5-7-18(22)26-11-15/h4-7,10-11,24H,3,8-9,12-13,21,23H2,1-2H3,(H2,22,26)(H,25,29). The minimum absolute atomic E-state index is 0.0291. The average molecular weight is 415 g/mol. The van der Waals surface area contributed by atoms with Gasteiger partial charge < -0.3 is 27.0 Å². The molecule has 0 radical (unpaired) electrons. The number of nitrogens with zero attached hydrogens (tertiary/aromatic N) is 3. The van der Waals surface area contributed by atoms with Gasteiger partial charge in [-0.3, -0.25) is 14.6 Å². The molecule has 1 heterocycles. The molecule has 0 spiro atoms. The summed E-state index contributed by atoms with van der Waals surface area (Å²) in [6, 6.07) is 8.95. The number of amides is 2. The van der Waals surface area contributed by atoms with Crippen LogP contribution in [0.1, 0.15) is 6.92 Å². The van der Waals surface area contributed by atoms with Crippen molar-refractivity contribution in [2.45, 2.75) is 6.92 Å². The number of pyridine rings is 1. The van der Waals surface area contributed by atoms with Crippen LogP contribution in [0.4, 0.5) is 17.2 Å². The lowest BCUT2D eigenvalue weighted by atomic mass is 10.1. The predicted molar refractivity (Wildman–Crippen MR) is 119 cm³/mol. The highest BCUT2D eigenvalue weighted by atomic mass is 16.2. The first kappa shape index (κ1) is 22.9. The Kier molecular flexibility index (Phi) is 8.39. The van der Waals surface area contributed by atoms with E-state index in [9.17, 15) is 9.59 Å². The van der Waals surface area contributed by atoms with Gasteiger partial charge in [-0.25, -0.2) is 10.8 Å². The number of hydrogen-bond donors (Lipinski definition) is 5. The first-order valence-electron chi connectivity index (χ1n) is 9.66. The summed E-state index contributed by atoms with van der Waals surface area (Å²) >= 11 is 0. The van der Waals surface area contributed by atoms with E-state index in [-0.39, 0.29) is 24.9 Å². The van der Waals surface area contributed by atoms with Crippen molar-refractivity contribution in [3.8, 4) is 11.1 Å². The first-order chi connectivity index (χ1) is 14.3. The highest BCUT2D eigenvalue weighted by Gasteiger charge is 2.19. The fourth-order valence-corrected chi connectivity index (χ4v) is 2.80. The van der Waals surface area contributed by atoms with Crippen LogP contribution >= 0.6 is 0 Å². The number of hydrazine groups is 1. The highest BCUT2D eigenvalue weighted by Crippen LogP contribution is 2.29. The van der Waals surface area contributed by atoms with Gasteiger partial charge in [-0.15, -0.1) is 0 Å². The number of nitrogens with one attached hydrogen (secondary N) is 2. The number of nitrogen functional groups attached to an aromatic ring is 2. The van der Waals surface area contributed by atoms with E-state index in [1.54, 1.807) is 29.3 Å². The fraction of sp³-hybridized carbons (Fsp3) is 0.350. The number of hydrogen-bond acceptors (Lipinski definition) is 8. The third kappa shape index (κ3) is 6.61. The van der Waals surface area contributed by atoms with E-state index in [0.29, 0.717) is 30.3 Å². The van der Waals surface area contributed by atoms with Gasteiger partial charge in [0.1, 0.15) is 5.82 Å². The van der Waals surface area contributed by atoms with E-state index in [4.69, 9.17) is 17.3 Å². The Hall–Kier alpha value is -3.37. The summed E-state index contributed by atoms with van der Waals surface area (Å²) in [5.41, 5.74) is 14.6. The summed E-state index contributed by atoms with van der Waals surface area (Å²) in [6.45, 7) is 3.86. The van der Waals surface area contributed by atoms with Gasteiger partial charge in [-0.05, 0) is 36.4 Å². The van der Waals surface area contributed by atoms with Crippen LogP contribution in [0.25, 0.3) is 11.1 Å². The molecule has 10 nitrogen and oxygen atoms in total. The zero-order valence-corrected chi connectivity index (χ0v) is 17.4. The van der Waals surface area contributed by atoms with Crippen LogP contribution in [-0.2, 0) is 9.59 Å². The molecule has 0 saturated carbocycles. The van der Waals surface area contributed by atoms with Crippen molar-refractivity contribution < 1.29 is 9.59 Å². The molecule has 8 N–H and O–H groups in total. The Bertz CT molecular complexity index is 854. The Labute approximate surface area is 176 Å². The lowest BCUT2D eigenvalue weighted by Crippen LogP contribution is -2.46. The minimum atomic E-state index is -0.346. The number of carbonyl (C=O) groups is 2. The smallest absolute Gasteiger partial charge is 0.255 e. The van der Waals surface area contributed by atoms with Gasteiger partial charge in [-0.1, -0.05) is 13.0 Å². The SMILES string of the molecule is CCNCCNC(=O)CN(CC(=O)N(C)N)c1ccc(-c2ccc(N)nc2)cc1N. The summed E-state index contributed by atoms with van der Waals surface area (Å²) in [4.78, 5) is 30.3. The lowest BCUT2D eigenvalue weighted by Gasteiger charge is -2.26. The highest BCUT2D eigenvalue weighted by molar-refractivity contribution is 5.89. The molecular formula is C20H30N8O2. The molecule has 0 saturated heterocycles. The second kappa shape index (κ2) is 11.0. The van der Waals surface area contributed by atoms with E-state index in [0.717, 1.165) is 22.7 Å². The van der Waals surface area contributed by atoms with E-state index in [2.05, 4.69) is 15.6 Å². The Balaban J connectivity index is 2.20. The van der Waals surface area contributed by atoms with Crippen molar-refractivity contribution in [1.29, 1.82) is 0 Å². The quantitative estimate of drug-likeness (QED) is 0.117. The van der Waals surface area contributed by atoms with Crippen LogP contribution in [0.15, 0.2) is 36.5 Å². The molecule has 0 fully saturated rings. The van der Waals surface area contributed by atoms with E-state index < -0.39 is 0 Å². The van der Waals surface area contributed by atoms with Gasteiger partial charge in [0.15, 0.2) is 0 Å². The Morgan fingerprint density at radius 2 is 1.80 bits per heavy atom. The number of nitrogens with two attached hydrogens (primary N) is 3. The van der Waals surface area contributed by atoms with Gasteiger partial charge in [0.2, 0.25) is 5.91 Å². The maximum absolute atomic E-state index is 12.4. The predicted octanol–water partition coefficient (Wildman–Crippen LogP) is -0.223. The van der Waals surface area contributed by atoms with Crippen LogP contribution in [-0.4, -0.2) is 61.6 Å². The third-order valence-electron chi connectivity index (χ3n) is 4.42. The zero-order chi connectivity index (χ0) is 22.1. The minimum Gasteiger partial charge on any atom is -0.397 e. The van der Waals surface area contributed by atoms with E-state index >= 15 is 0 Å². The van der Waals surface area contributed by atoms with Crippen LogP contribution in [0.3, 0.4) is 0 Å².